The lowest BCUT2D eigenvalue weighted by Crippen LogP contribution is -2.50. The van der Waals surface area contributed by atoms with Gasteiger partial charge in [-0.15, -0.1) is 0 Å². The molecular weight excluding hydrogens is 284 g/mol. The van der Waals surface area contributed by atoms with E-state index in [1.807, 2.05) is 0 Å². The standard InChI is InChI=1S/C11H22N2O6Si/c1-8(14)17-20(18-9(2)15,19-10(3)16)7-5-11(13)4-6-12/h11H,4-7,12-13H2,1-3H3. The lowest BCUT2D eigenvalue weighted by atomic mass is 10.2. The minimum absolute atomic E-state index is 0.0763. The van der Waals surface area contributed by atoms with E-state index >= 15 is 0 Å². The van der Waals surface area contributed by atoms with Crippen molar-refractivity contribution in [1.29, 1.82) is 0 Å². The molecule has 0 heterocycles. The second-order valence-electron chi connectivity index (χ2n) is 4.34. The van der Waals surface area contributed by atoms with Gasteiger partial charge in [-0.1, -0.05) is 0 Å². The van der Waals surface area contributed by atoms with Crippen LogP contribution in [0.25, 0.3) is 0 Å². The third-order valence-electron chi connectivity index (χ3n) is 2.26. The van der Waals surface area contributed by atoms with Crippen molar-refractivity contribution in [1.82, 2.24) is 0 Å². The molecule has 1 unspecified atom stereocenters. The molecule has 0 aliphatic rings. The van der Waals surface area contributed by atoms with Crippen LogP contribution in [0.4, 0.5) is 0 Å². The maximum Gasteiger partial charge on any atom is 0.705 e. The van der Waals surface area contributed by atoms with Crippen LogP contribution in [0.15, 0.2) is 0 Å². The molecule has 0 radical (unpaired) electrons. The average Bonchev–Trinajstić information content (AvgIpc) is 2.23. The summed E-state index contributed by atoms with van der Waals surface area (Å²) in [6.07, 6.45) is 0.919. The van der Waals surface area contributed by atoms with Crippen molar-refractivity contribution in [2.45, 2.75) is 45.7 Å². The fourth-order valence-corrected chi connectivity index (χ4v) is 4.06. The maximum atomic E-state index is 11.2. The number of hydrogen-bond acceptors (Lipinski definition) is 8. The predicted molar refractivity (Wildman–Crippen MR) is 72.1 cm³/mol. The van der Waals surface area contributed by atoms with Gasteiger partial charge in [0.05, 0.1) is 6.04 Å². The minimum atomic E-state index is -3.75. The van der Waals surface area contributed by atoms with Crippen LogP contribution in [-0.2, 0) is 27.7 Å². The Morgan fingerprint density at radius 3 is 1.65 bits per heavy atom. The molecule has 0 aliphatic carbocycles. The van der Waals surface area contributed by atoms with E-state index in [1.54, 1.807) is 0 Å². The molecular formula is C11H22N2O6Si. The molecule has 1 atom stereocenters. The summed E-state index contributed by atoms with van der Waals surface area (Å²) in [5.74, 6) is -2.07. The van der Waals surface area contributed by atoms with Gasteiger partial charge in [0.2, 0.25) is 0 Å². The Balaban J connectivity index is 4.99. The quantitative estimate of drug-likeness (QED) is 0.583. The summed E-state index contributed by atoms with van der Waals surface area (Å²) in [6, 6.07) is -0.180. The number of carbonyl (C=O) groups is 3. The zero-order valence-corrected chi connectivity index (χ0v) is 13.0. The molecule has 0 aromatic carbocycles. The van der Waals surface area contributed by atoms with Gasteiger partial charge in [-0.05, 0) is 19.4 Å². The Morgan fingerprint density at radius 1 is 0.950 bits per heavy atom. The van der Waals surface area contributed by atoms with Gasteiger partial charge in [-0.2, -0.15) is 0 Å². The van der Waals surface area contributed by atoms with Crippen LogP contribution in [0.5, 0.6) is 0 Å². The SMILES string of the molecule is CC(=O)O[Si](CCC(N)CCN)(OC(C)=O)OC(C)=O. The normalized spacial score (nSPS) is 12.4. The molecule has 0 fully saturated rings. The fourth-order valence-electron chi connectivity index (χ4n) is 1.59. The van der Waals surface area contributed by atoms with Crippen molar-refractivity contribution in [3.8, 4) is 0 Å². The first-order valence-corrected chi connectivity index (χ1v) is 8.18. The molecule has 0 aliphatic heterocycles. The van der Waals surface area contributed by atoms with Crippen LogP contribution in [0.1, 0.15) is 33.6 Å². The monoisotopic (exact) mass is 306 g/mol. The Morgan fingerprint density at radius 2 is 1.35 bits per heavy atom. The van der Waals surface area contributed by atoms with E-state index in [0.717, 1.165) is 20.8 Å². The van der Waals surface area contributed by atoms with E-state index < -0.39 is 26.7 Å². The van der Waals surface area contributed by atoms with Crippen LogP contribution in [-0.4, -0.2) is 39.3 Å². The van der Waals surface area contributed by atoms with Crippen molar-refractivity contribution >= 4 is 26.7 Å². The van der Waals surface area contributed by atoms with Gasteiger partial charge < -0.3 is 24.7 Å². The highest BCUT2D eigenvalue weighted by Gasteiger charge is 2.51. The predicted octanol–water partition coefficient (Wildman–Crippen LogP) is -0.319. The van der Waals surface area contributed by atoms with Crippen molar-refractivity contribution in [3.63, 3.8) is 0 Å². The number of nitrogens with two attached hydrogens (primary N) is 2. The Labute approximate surface area is 119 Å². The summed E-state index contributed by atoms with van der Waals surface area (Å²) in [6.45, 7) is 3.85. The van der Waals surface area contributed by atoms with E-state index in [0.29, 0.717) is 19.4 Å². The summed E-state index contributed by atoms with van der Waals surface area (Å²) in [5.41, 5.74) is 11.2. The highest BCUT2D eigenvalue weighted by atomic mass is 28.4. The molecule has 0 amide bonds. The van der Waals surface area contributed by atoms with Crippen molar-refractivity contribution in [2.75, 3.05) is 6.54 Å². The van der Waals surface area contributed by atoms with E-state index in [-0.39, 0.29) is 12.1 Å². The highest BCUT2D eigenvalue weighted by Crippen LogP contribution is 2.20. The van der Waals surface area contributed by atoms with E-state index in [9.17, 15) is 14.4 Å². The Kier molecular flexibility index (Phi) is 8.04. The fraction of sp³-hybridized carbons (Fsp3) is 0.727. The Hall–Kier alpha value is -1.45. The molecule has 4 N–H and O–H groups in total. The first-order chi connectivity index (χ1) is 9.20. The summed E-state index contributed by atoms with van der Waals surface area (Å²) in [5, 5.41) is 0. The second kappa shape index (κ2) is 8.66. The van der Waals surface area contributed by atoms with Crippen LogP contribution in [0.2, 0.25) is 6.04 Å². The molecule has 0 aromatic heterocycles. The molecule has 0 saturated heterocycles. The molecule has 9 heteroatoms. The molecule has 20 heavy (non-hydrogen) atoms. The van der Waals surface area contributed by atoms with E-state index in [2.05, 4.69) is 0 Å². The zero-order chi connectivity index (χ0) is 15.8. The summed E-state index contributed by atoms with van der Waals surface area (Å²) >= 11 is 0. The van der Waals surface area contributed by atoms with Gasteiger partial charge in [-0.3, -0.25) is 14.4 Å². The Bertz CT molecular complexity index is 322. The van der Waals surface area contributed by atoms with Crippen LogP contribution >= 0.6 is 0 Å². The third kappa shape index (κ3) is 7.87. The number of carbonyl (C=O) groups excluding carboxylic acids is 3. The van der Waals surface area contributed by atoms with Gasteiger partial charge in [0.25, 0.3) is 17.9 Å². The number of hydrogen-bond donors (Lipinski definition) is 2. The van der Waals surface area contributed by atoms with E-state index in [4.69, 9.17) is 24.7 Å². The second-order valence-corrected chi connectivity index (χ2v) is 6.82. The summed E-state index contributed by atoms with van der Waals surface area (Å²) in [4.78, 5) is 33.5. The third-order valence-corrected chi connectivity index (χ3v) is 4.95. The van der Waals surface area contributed by atoms with Crippen LogP contribution in [0.3, 0.4) is 0 Å². The minimum Gasteiger partial charge on any atom is -0.455 e. The van der Waals surface area contributed by atoms with Gasteiger partial charge in [-0.25, -0.2) is 0 Å². The first kappa shape index (κ1) is 18.5. The van der Waals surface area contributed by atoms with Crippen molar-refractivity contribution in [2.24, 2.45) is 11.5 Å². The highest BCUT2D eigenvalue weighted by molar-refractivity contribution is 6.65. The molecule has 8 nitrogen and oxygen atoms in total. The van der Waals surface area contributed by atoms with Crippen LogP contribution in [0, 0.1) is 0 Å². The molecule has 0 bridgehead atoms. The summed E-state index contributed by atoms with van der Waals surface area (Å²) < 4.78 is 15.0. The molecule has 0 rings (SSSR count). The number of rotatable bonds is 8. The topological polar surface area (TPSA) is 131 Å². The smallest absolute Gasteiger partial charge is 0.455 e. The van der Waals surface area contributed by atoms with Gasteiger partial charge >= 0.3 is 8.80 Å². The van der Waals surface area contributed by atoms with Gasteiger partial charge in [0.15, 0.2) is 0 Å². The molecule has 0 spiro atoms. The van der Waals surface area contributed by atoms with Gasteiger partial charge in [0, 0.05) is 26.8 Å². The maximum absolute atomic E-state index is 11.2. The van der Waals surface area contributed by atoms with Crippen molar-refractivity contribution in [3.05, 3.63) is 0 Å². The first-order valence-electron chi connectivity index (χ1n) is 6.25. The van der Waals surface area contributed by atoms with Gasteiger partial charge in [0.1, 0.15) is 0 Å². The molecule has 0 aromatic rings. The van der Waals surface area contributed by atoms with Crippen LogP contribution < -0.4 is 11.5 Å². The lowest BCUT2D eigenvalue weighted by molar-refractivity contribution is -0.147. The largest absolute Gasteiger partial charge is 0.705 e. The van der Waals surface area contributed by atoms with E-state index in [1.165, 1.54) is 0 Å². The zero-order valence-electron chi connectivity index (χ0n) is 12.0. The molecule has 116 valence electrons. The summed E-state index contributed by atoms with van der Waals surface area (Å²) in [7, 11) is -3.75. The molecule has 0 saturated carbocycles. The van der Waals surface area contributed by atoms with Crippen molar-refractivity contribution < 1.29 is 27.7 Å². The average molecular weight is 306 g/mol. The lowest BCUT2D eigenvalue weighted by Gasteiger charge is -2.27.